The van der Waals surface area contributed by atoms with Crippen LogP contribution in [0.2, 0.25) is 0 Å². The van der Waals surface area contributed by atoms with E-state index in [9.17, 15) is 90.8 Å². The minimum Gasteiger partial charge on any atom is -0.481 e. The first-order valence-electron chi connectivity index (χ1n) is 25.5. The second kappa shape index (κ2) is 36.0. The van der Waals surface area contributed by atoms with Crippen LogP contribution in [0.3, 0.4) is 0 Å². The molecule has 37 heteroatoms. The Labute approximate surface area is 480 Å². The molecule has 2 aromatic rings. The van der Waals surface area contributed by atoms with Crippen LogP contribution in [0.15, 0.2) is 35.5 Å². The molecule has 0 spiro atoms. The van der Waals surface area contributed by atoms with Crippen molar-refractivity contribution in [3.8, 4) is 0 Å². The lowest BCUT2D eigenvalue weighted by Gasteiger charge is -2.27. The third-order valence-electron chi connectivity index (χ3n) is 11.5. The molecule has 0 aliphatic heterocycles. The number of hydrogen-bond donors (Lipinski definition) is 19. The van der Waals surface area contributed by atoms with Gasteiger partial charge in [-0.25, -0.2) is 9.59 Å². The number of carbonyl (C=O) groups excluding carboxylic acids is 10. The largest absolute Gasteiger partial charge is 0.490 e. The zero-order valence-electron chi connectivity index (χ0n) is 45.7. The highest BCUT2D eigenvalue weighted by Gasteiger charge is 2.39. The zero-order chi connectivity index (χ0) is 64.9. The number of nitrogens with two attached hydrogens (primary N) is 5. The number of guanidine groups is 1. The van der Waals surface area contributed by atoms with Gasteiger partial charge >= 0.3 is 30.1 Å². The molecule has 0 bridgehead atoms. The van der Waals surface area contributed by atoms with Crippen LogP contribution in [0, 0.1) is 5.92 Å². The predicted molar refractivity (Wildman–Crippen MR) is 286 cm³/mol. The Balaban J connectivity index is 0.00000483. The van der Waals surface area contributed by atoms with Crippen LogP contribution in [0.5, 0.6) is 0 Å². The molecule has 8 atom stereocenters. The molecule has 0 aliphatic carbocycles. The molecule has 0 aliphatic rings. The second-order valence-electron chi connectivity index (χ2n) is 19.0. The molecule has 0 saturated carbocycles. The summed E-state index contributed by atoms with van der Waals surface area (Å²) in [6.45, 7) is 1.44. The number of aliphatic hydroxyl groups is 1. The summed E-state index contributed by atoms with van der Waals surface area (Å²) >= 11 is 0. The topological polar surface area (TPSA) is 595 Å². The molecule has 8 unspecified atom stereocenters. The number of para-hydroxylation sites is 1. The number of aromatic nitrogens is 1. The Bertz CT molecular complexity index is 2760. The van der Waals surface area contributed by atoms with Gasteiger partial charge in [0.15, 0.2) is 5.96 Å². The maximum atomic E-state index is 14.0. The standard InChI is InChI=1S/C46H69N15O17.C2HF3O2/c1-21(2)14-31(45(77)78)61-41(73)28(15-22-18-53-25-7-4-3-6-23(22)25)58-43(75)30(17-37(68)69)60-40(72)27(10-11-33(48)63)57-42(74)29(16-34(49)64)59-39(71)26(8-5-13-52-46(50)51)56-44(76)32(20-62)55-35(65)19-54-38(70)24(47)9-12-36(66)67;3-2(4,5)1(6)7/h3-4,6-7,18,21,24,26-32,53,62H,5,8-17,19-20,47H2,1-2H3,(H2,48,63)(H2,49,64)(H,54,70)(H,55,65)(H,56,76)(H,57,74)(H,58,75)(H,59,71)(H,60,72)(H,61,73)(H,66,67)(H,68,69)(H,77,78)(H4,50,51,52);(H,6,7). The molecule has 0 fully saturated rings. The lowest BCUT2D eigenvalue weighted by Crippen LogP contribution is -2.61. The zero-order valence-corrected chi connectivity index (χ0v) is 45.7. The van der Waals surface area contributed by atoms with Crippen LogP contribution in [0.4, 0.5) is 13.2 Å². The molecule has 1 aromatic heterocycles. The predicted octanol–water partition coefficient (Wildman–Crippen LogP) is -6.16. The summed E-state index contributed by atoms with van der Waals surface area (Å²) in [4.78, 5) is 183. The number of nitrogens with one attached hydrogen (secondary N) is 9. The van der Waals surface area contributed by atoms with E-state index in [4.69, 9.17) is 43.7 Å². The van der Waals surface area contributed by atoms with E-state index in [-0.39, 0.29) is 50.5 Å². The molecular formula is C48H70F3N15O19. The SMILES string of the molecule is CC(C)CC(NC(=O)C(Cc1c[nH]c2ccccc12)NC(=O)C(CC(=O)O)NC(=O)C(CCC(N)=O)NC(=O)C(CC(N)=O)NC(=O)C(CCCN=C(N)N)NC(=O)C(CO)NC(=O)CNC(=O)C(N)CCC(=O)O)C(=O)O.O=C(O)C(F)(F)F. The number of primary amides is 2. The van der Waals surface area contributed by atoms with E-state index < -0.39 is 183 Å². The highest BCUT2D eigenvalue weighted by molar-refractivity contribution is 6.00. The van der Waals surface area contributed by atoms with Crippen molar-refractivity contribution in [1.29, 1.82) is 0 Å². The van der Waals surface area contributed by atoms with E-state index in [1.54, 1.807) is 38.1 Å². The second-order valence-corrected chi connectivity index (χ2v) is 19.0. The van der Waals surface area contributed by atoms with Crippen molar-refractivity contribution < 1.29 is 106 Å². The number of aliphatic imine (C=N–C) groups is 1. The van der Waals surface area contributed by atoms with Crippen molar-refractivity contribution in [2.24, 2.45) is 39.6 Å². The number of aliphatic carboxylic acids is 4. The van der Waals surface area contributed by atoms with Crippen molar-refractivity contribution in [3.63, 3.8) is 0 Å². The summed E-state index contributed by atoms with van der Waals surface area (Å²) in [5.74, 6) is -19.0. The number of nitrogens with zero attached hydrogens (tertiary/aromatic N) is 1. The summed E-state index contributed by atoms with van der Waals surface area (Å²) in [5.41, 5.74) is 28.2. The molecule has 472 valence electrons. The fraction of sp³-hybridized carbons (Fsp3) is 0.521. The van der Waals surface area contributed by atoms with Crippen LogP contribution in [0.25, 0.3) is 10.9 Å². The van der Waals surface area contributed by atoms with Gasteiger partial charge in [0.05, 0.1) is 32.0 Å². The lowest BCUT2D eigenvalue weighted by molar-refractivity contribution is -0.192. The van der Waals surface area contributed by atoms with E-state index in [1.807, 2.05) is 0 Å². The van der Waals surface area contributed by atoms with Crippen molar-refractivity contribution in [1.82, 2.24) is 47.5 Å². The highest BCUT2D eigenvalue weighted by atomic mass is 19.4. The summed E-state index contributed by atoms with van der Waals surface area (Å²) < 4.78 is 31.7. The van der Waals surface area contributed by atoms with Crippen LogP contribution in [-0.2, 0) is 73.5 Å². The molecule has 0 saturated heterocycles. The Morgan fingerprint density at radius 3 is 1.59 bits per heavy atom. The summed E-state index contributed by atoms with van der Waals surface area (Å²) in [6, 6.07) is -6.81. The number of carboxylic acid groups (broad SMARTS) is 4. The van der Waals surface area contributed by atoms with Crippen molar-refractivity contribution in [3.05, 3.63) is 36.0 Å². The van der Waals surface area contributed by atoms with Gasteiger partial charge in [-0.05, 0) is 49.7 Å². The molecule has 34 nitrogen and oxygen atoms in total. The molecule has 1 heterocycles. The Hall–Kier alpha value is -9.68. The lowest BCUT2D eigenvalue weighted by atomic mass is 10.0. The Morgan fingerprint density at radius 1 is 0.600 bits per heavy atom. The number of carboxylic acids is 4. The molecule has 24 N–H and O–H groups in total. The molecule has 10 amide bonds. The van der Waals surface area contributed by atoms with E-state index in [2.05, 4.69) is 52.5 Å². The number of H-pyrrole nitrogens is 1. The molecular weight excluding hydrogens is 1150 g/mol. The quantitative estimate of drug-likeness (QED) is 0.0171. The fourth-order valence-corrected chi connectivity index (χ4v) is 7.33. The number of halogens is 3. The van der Waals surface area contributed by atoms with Crippen LogP contribution in [-0.4, -0.2) is 194 Å². The van der Waals surface area contributed by atoms with Crippen LogP contribution in [0.1, 0.15) is 77.2 Å². The Kier molecular flexibility index (Phi) is 31.1. The number of aliphatic hydroxyl groups excluding tert-OH is 1. The number of rotatable bonds is 36. The third-order valence-corrected chi connectivity index (χ3v) is 11.5. The van der Waals surface area contributed by atoms with Gasteiger partial charge in [-0.3, -0.25) is 62.5 Å². The number of alkyl halides is 3. The van der Waals surface area contributed by atoms with E-state index in [0.29, 0.717) is 16.5 Å². The average molecular weight is 1220 g/mol. The maximum Gasteiger partial charge on any atom is 0.490 e. The third kappa shape index (κ3) is 28.7. The number of benzene rings is 1. The summed E-state index contributed by atoms with van der Waals surface area (Å²) in [6.07, 6.45) is -8.31. The molecule has 85 heavy (non-hydrogen) atoms. The first kappa shape index (κ1) is 73.3. The minimum absolute atomic E-state index is 0.0120. The highest BCUT2D eigenvalue weighted by Crippen LogP contribution is 2.20. The molecule has 2 rings (SSSR count). The fourth-order valence-electron chi connectivity index (χ4n) is 7.33. The van der Waals surface area contributed by atoms with Gasteiger partial charge in [-0.15, -0.1) is 0 Å². The first-order valence-corrected chi connectivity index (χ1v) is 25.5. The van der Waals surface area contributed by atoms with E-state index in [0.717, 1.165) is 0 Å². The van der Waals surface area contributed by atoms with Crippen LogP contribution >= 0.6 is 0 Å². The van der Waals surface area contributed by atoms with Crippen molar-refractivity contribution >= 4 is 99.8 Å². The maximum absolute atomic E-state index is 14.0. The Morgan fingerprint density at radius 2 is 1.09 bits per heavy atom. The van der Waals surface area contributed by atoms with Gasteiger partial charge < -0.3 is 102 Å². The van der Waals surface area contributed by atoms with Gasteiger partial charge in [0.25, 0.3) is 0 Å². The summed E-state index contributed by atoms with van der Waals surface area (Å²) in [5, 5.41) is 64.1. The van der Waals surface area contributed by atoms with Gasteiger partial charge in [0.1, 0.15) is 42.3 Å². The number of hydrogen-bond acceptors (Lipinski definition) is 17. The van der Waals surface area contributed by atoms with Gasteiger partial charge in [0, 0.05) is 42.9 Å². The number of carbonyl (C=O) groups is 14. The number of amides is 10. The van der Waals surface area contributed by atoms with Gasteiger partial charge in [0.2, 0.25) is 59.1 Å². The average Bonchev–Trinajstić information content (AvgIpc) is 3.08. The normalized spacial score (nSPS) is 13.8. The first-order chi connectivity index (χ1) is 39.6. The van der Waals surface area contributed by atoms with Gasteiger partial charge in [-0.1, -0.05) is 32.0 Å². The van der Waals surface area contributed by atoms with Crippen LogP contribution < -0.4 is 71.2 Å². The smallest absolute Gasteiger partial charge is 0.481 e. The van der Waals surface area contributed by atoms with Gasteiger partial charge in [-0.2, -0.15) is 13.2 Å². The minimum atomic E-state index is -5.08. The van der Waals surface area contributed by atoms with E-state index >= 15 is 0 Å². The van der Waals surface area contributed by atoms with Crippen molar-refractivity contribution in [2.75, 3.05) is 19.7 Å². The number of fused-ring (bicyclic) bond motifs is 1. The summed E-state index contributed by atoms with van der Waals surface area (Å²) in [7, 11) is 0. The number of aromatic amines is 1. The van der Waals surface area contributed by atoms with E-state index in [1.165, 1.54) is 6.20 Å². The molecule has 1 aromatic carbocycles. The monoisotopic (exact) mass is 1220 g/mol. The molecule has 0 radical (unpaired) electrons. The van der Waals surface area contributed by atoms with Crippen molar-refractivity contribution in [2.45, 2.75) is 133 Å².